The van der Waals surface area contributed by atoms with Crippen LogP contribution in [0.4, 0.5) is 5.69 Å². The molecule has 0 aromatic heterocycles. The van der Waals surface area contributed by atoms with Gasteiger partial charge < -0.3 is 0 Å². The lowest BCUT2D eigenvalue weighted by Gasteiger charge is -2.05. The summed E-state index contributed by atoms with van der Waals surface area (Å²) in [5, 5.41) is 11.7. The molecule has 0 heterocycles. The van der Waals surface area contributed by atoms with Gasteiger partial charge in [0.25, 0.3) is 0 Å². The van der Waals surface area contributed by atoms with E-state index in [0.29, 0.717) is 5.17 Å². The van der Waals surface area contributed by atoms with Crippen LogP contribution in [-0.4, -0.2) is 11.4 Å². The van der Waals surface area contributed by atoms with Crippen molar-refractivity contribution in [2.75, 3.05) is 6.26 Å². The van der Waals surface area contributed by atoms with Crippen LogP contribution in [-0.2, 0) is 0 Å². The summed E-state index contributed by atoms with van der Waals surface area (Å²) in [6.07, 6.45) is 3.75. The molecule has 0 amide bonds. The quantitative estimate of drug-likeness (QED) is 0.342. The van der Waals surface area contributed by atoms with Crippen LogP contribution in [0, 0.1) is 25.3 Å². The second-order valence-corrected chi connectivity index (χ2v) is 3.87. The summed E-state index contributed by atoms with van der Waals surface area (Å²) in [5.74, 6) is 0. The largest absolute Gasteiger partial charge is 0.271 e. The van der Waals surface area contributed by atoms with Gasteiger partial charge in [0.1, 0.15) is 0 Å². The number of rotatable bonds is 1. The van der Waals surface area contributed by atoms with Crippen molar-refractivity contribution in [2.24, 2.45) is 4.99 Å². The molecule has 1 aromatic carbocycles. The number of nitriles is 1. The molecule has 0 unspecified atom stereocenters. The molecule has 1 aromatic rings. The van der Waals surface area contributed by atoms with Crippen LogP contribution in [0.2, 0.25) is 0 Å². The molecule has 0 spiro atoms. The zero-order valence-electron chi connectivity index (χ0n) is 9.03. The van der Waals surface area contributed by atoms with Gasteiger partial charge in [-0.3, -0.25) is 5.32 Å². The van der Waals surface area contributed by atoms with E-state index in [4.69, 9.17) is 5.26 Å². The maximum absolute atomic E-state index is 8.51. The average molecular weight is 219 g/mol. The lowest BCUT2D eigenvalue weighted by Crippen LogP contribution is -2.12. The third-order valence-electron chi connectivity index (χ3n) is 2.15. The minimum atomic E-state index is 0.617. The lowest BCUT2D eigenvalue weighted by molar-refractivity contribution is 1.26. The molecule has 0 aliphatic heterocycles. The summed E-state index contributed by atoms with van der Waals surface area (Å²) in [6, 6.07) is 5.95. The zero-order valence-corrected chi connectivity index (χ0v) is 9.85. The molecular formula is C11H13N3S. The first kappa shape index (κ1) is 11.6. The van der Waals surface area contributed by atoms with E-state index in [1.807, 2.05) is 44.5 Å². The first-order chi connectivity index (χ1) is 7.19. The summed E-state index contributed by atoms with van der Waals surface area (Å²) >= 11 is 1.42. The van der Waals surface area contributed by atoms with E-state index in [9.17, 15) is 0 Å². The smallest absolute Gasteiger partial charge is 0.183 e. The van der Waals surface area contributed by atoms with Gasteiger partial charge in [-0.1, -0.05) is 23.9 Å². The Labute approximate surface area is 94.2 Å². The van der Waals surface area contributed by atoms with Gasteiger partial charge in [-0.05, 0) is 37.3 Å². The van der Waals surface area contributed by atoms with Gasteiger partial charge in [0.2, 0.25) is 0 Å². The van der Waals surface area contributed by atoms with Gasteiger partial charge in [-0.15, -0.1) is 0 Å². The highest BCUT2D eigenvalue weighted by molar-refractivity contribution is 8.13. The monoisotopic (exact) mass is 219 g/mol. The van der Waals surface area contributed by atoms with Crippen LogP contribution < -0.4 is 5.32 Å². The van der Waals surface area contributed by atoms with Crippen LogP contribution >= 0.6 is 11.8 Å². The number of nitrogens with one attached hydrogen (secondary N) is 1. The third kappa shape index (κ3) is 3.00. The predicted molar refractivity (Wildman–Crippen MR) is 65.3 cm³/mol. The summed E-state index contributed by atoms with van der Waals surface area (Å²) in [5.41, 5.74) is 3.25. The number of aliphatic imine (C=N–C) groups is 1. The van der Waals surface area contributed by atoms with E-state index in [-0.39, 0.29) is 0 Å². The van der Waals surface area contributed by atoms with Gasteiger partial charge in [0.05, 0.1) is 5.69 Å². The van der Waals surface area contributed by atoms with Crippen molar-refractivity contribution < 1.29 is 0 Å². The number of amidine groups is 1. The summed E-state index contributed by atoms with van der Waals surface area (Å²) in [6.45, 7) is 4.07. The second-order valence-electron chi connectivity index (χ2n) is 3.08. The van der Waals surface area contributed by atoms with Gasteiger partial charge in [-0.25, -0.2) is 4.99 Å². The highest BCUT2D eigenvalue weighted by atomic mass is 32.2. The third-order valence-corrected chi connectivity index (χ3v) is 2.73. The van der Waals surface area contributed by atoms with Crippen molar-refractivity contribution in [1.82, 2.24) is 5.32 Å². The SMILES string of the molecule is CSC(=Nc1cccc(C)c1C)NC#N. The Morgan fingerprint density at radius 3 is 2.80 bits per heavy atom. The lowest BCUT2D eigenvalue weighted by atomic mass is 10.1. The average Bonchev–Trinajstić information content (AvgIpc) is 2.24. The predicted octanol–water partition coefficient (Wildman–Crippen LogP) is 2.72. The Morgan fingerprint density at radius 2 is 2.20 bits per heavy atom. The molecule has 1 rings (SSSR count). The topological polar surface area (TPSA) is 48.2 Å². The minimum Gasteiger partial charge on any atom is -0.271 e. The molecule has 0 aliphatic carbocycles. The molecule has 0 atom stereocenters. The Morgan fingerprint density at radius 1 is 1.47 bits per heavy atom. The normalized spacial score (nSPS) is 10.9. The summed E-state index contributed by atoms with van der Waals surface area (Å²) in [4.78, 5) is 4.37. The molecular weight excluding hydrogens is 206 g/mol. The van der Waals surface area contributed by atoms with Crippen molar-refractivity contribution in [3.05, 3.63) is 29.3 Å². The Hall–Kier alpha value is -1.47. The maximum Gasteiger partial charge on any atom is 0.183 e. The number of aryl methyl sites for hydroxylation is 1. The van der Waals surface area contributed by atoms with Crippen LogP contribution in [0.1, 0.15) is 11.1 Å². The molecule has 0 radical (unpaired) electrons. The Kier molecular flexibility index (Phi) is 4.19. The van der Waals surface area contributed by atoms with Crippen LogP contribution in [0.5, 0.6) is 0 Å². The van der Waals surface area contributed by atoms with E-state index in [1.165, 1.54) is 17.3 Å². The van der Waals surface area contributed by atoms with Crippen molar-refractivity contribution in [3.8, 4) is 6.19 Å². The molecule has 0 saturated carbocycles. The molecule has 1 N–H and O–H groups in total. The number of hydrogen-bond acceptors (Lipinski definition) is 3. The Balaban J connectivity index is 3.07. The van der Waals surface area contributed by atoms with E-state index in [2.05, 4.69) is 10.3 Å². The minimum absolute atomic E-state index is 0.617. The van der Waals surface area contributed by atoms with Gasteiger partial charge >= 0.3 is 0 Å². The molecule has 0 fully saturated rings. The highest BCUT2D eigenvalue weighted by Crippen LogP contribution is 2.22. The molecule has 0 saturated heterocycles. The van der Waals surface area contributed by atoms with E-state index >= 15 is 0 Å². The fourth-order valence-corrected chi connectivity index (χ4v) is 1.48. The van der Waals surface area contributed by atoms with Crippen LogP contribution in [0.3, 0.4) is 0 Å². The molecule has 0 bridgehead atoms. The summed E-state index contributed by atoms with van der Waals surface area (Å²) < 4.78 is 0. The maximum atomic E-state index is 8.51. The molecule has 15 heavy (non-hydrogen) atoms. The van der Waals surface area contributed by atoms with Gasteiger partial charge in [-0.2, -0.15) is 5.26 Å². The second kappa shape index (κ2) is 5.42. The fraction of sp³-hybridized carbons (Fsp3) is 0.273. The highest BCUT2D eigenvalue weighted by Gasteiger charge is 2.01. The summed E-state index contributed by atoms with van der Waals surface area (Å²) in [7, 11) is 0. The first-order valence-electron chi connectivity index (χ1n) is 4.53. The van der Waals surface area contributed by atoms with Gasteiger partial charge in [0.15, 0.2) is 11.4 Å². The van der Waals surface area contributed by atoms with Gasteiger partial charge in [0, 0.05) is 0 Å². The van der Waals surface area contributed by atoms with E-state index in [1.54, 1.807) is 0 Å². The number of hydrogen-bond donors (Lipinski definition) is 1. The van der Waals surface area contributed by atoms with Crippen LogP contribution in [0.15, 0.2) is 23.2 Å². The Bertz CT molecular complexity index is 418. The fourth-order valence-electron chi connectivity index (χ4n) is 1.14. The van der Waals surface area contributed by atoms with Crippen molar-refractivity contribution >= 4 is 22.6 Å². The van der Waals surface area contributed by atoms with Crippen molar-refractivity contribution in [3.63, 3.8) is 0 Å². The number of thioether (sulfide) groups is 1. The number of benzene rings is 1. The first-order valence-corrected chi connectivity index (χ1v) is 5.75. The van der Waals surface area contributed by atoms with E-state index in [0.717, 1.165) is 11.3 Å². The zero-order chi connectivity index (χ0) is 11.3. The number of nitrogens with zero attached hydrogens (tertiary/aromatic N) is 2. The molecule has 3 nitrogen and oxygen atoms in total. The van der Waals surface area contributed by atoms with E-state index < -0.39 is 0 Å². The molecule has 4 heteroatoms. The van der Waals surface area contributed by atoms with Crippen molar-refractivity contribution in [1.29, 1.82) is 5.26 Å². The molecule has 0 aliphatic rings. The molecule has 78 valence electrons. The standard InChI is InChI=1S/C11H13N3S/c1-8-5-4-6-10(9(8)2)14-11(15-3)13-7-12/h4-6H,1-3H3,(H,13,14). The van der Waals surface area contributed by atoms with Crippen molar-refractivity contribution in [2.45, 2.75) is 13.8 Å². The van der Waals surface area contributed by atoms with Crippen LogP contribution in [0.25, 0.3) is 0 Å².